The molecule has 1 aliphatic heterocycles. The van der Waals surface area contributed by atoms with Crippen LogP contribution in [0.2, 0.25) is 0 Å². The van der Waals surface area contributed by atoms with Gasteiger partial charge in [-0.2, -0.15) is 0 Å². The van der Waals surface area contributed by atoms with E-state index < -0.39 is 20.5 Å². The van der Waals surface area contributed by atoms with Crippen LogP contribution in [0.5, 0.6) is 5.75 Å². The maximum Gasteiger partial charge on any atom is 0.240 e. The fourth-order valence-corrected chi connectivity index (χ4v) is 8.29. The normalized spacial score (nSPS) is 28.4. The molecule has 3 aromatic carbocycles. The van der Waals surface area contributed by atoms with Crippen molar-refractivity contribution < 1.29 is 19.1 Å². The van der Waals surface area contributed by atoms with Crippen LogP contribution in [0, 0.1) is 11.8 Å². The van der Waals surface area contributed by atoms with Crippen LogP contribution in [0.4, 0.5) is 5.69 Å². The predicted octanol–water partition coefficient (Wildman–Crippen LogP) is 5.31. The van der Waals surface area contributed by atoms with Crippen LogP contribution >= 0.6 is 31.9 Å². The second-order valence-electron chi connectivity index (χ2n) is 8.92. The molecule has 0 unspecified atom stereocenters. The van der Waals surface area contributed by atoms with Crippen LogP contribution in [-0.4, -0.2) is 24.7 Å². The molecular formula is C27H19Br2NO4. The predicted molar refractivity (Wildman–Crippen MR) is 135 cm³/mol. The Morgan fingerprint density at radius 1 is 0.824 bits per heavy atom. The first-order valence-corrected chi connectivity index (χ1v) is 12.5. The van der Waals surface area contributed by atoms with Gasteiger partial charge in [0.2, 0.25) is 11.8 Å². The minimum Gasteiger partial charge on any atom is -0.495 e. The molecule has 0 aromatic heterocycles. The van der Waals surface area contributed by atoms with Gasteiger partial charge in [0.05, 0.1) is 33.3 Å². The van der Waals surface area contributed by atoms with Crippen LogP contribution < -0.4 is 9.64 Å². The summed E-state index contributed by atoms with van der Waals surface area (Å²) in [6, 6.07) is 20.7. The van der Waals surface area contributed by atoms with E-state index in [1.807, 2.05) is 48.5 Å². The number of methoxy groups -OCH3 is 1. The topological polar surface area (TPSA) is 63.7 Å². The summed E-state index contributed by atoms with van der Waals surface area (Å²) in [5.41, 5.74) is 4.58. The number of amides is 2. The quantitative estimate of drug-likeness (QED) is 0.239. The summed E-state index contributed by atoms with van der Waals surface area (Å²) < 4.78 is 3.77. The van der Waals surface area contributed by atoms with Crippen molar-refractivity contribution in [2.45, 2.75) is 15.6 Å². The summed E-state index contributed by atoms with van der Waals surface area (Å²) in [6.45, 7) is 1.45. The minimum atomic E-state index is -0.868. The molecule has 2 bridgehead atoms. The molecule has 4 aliphatic rings. The number of imide groups is 1. The number of carbonyl (C=O) groups is 3. The molecule has 2 atom stereocenters. The molecule has 0 spiro atoms. The summed E-state index contributed by atoms with van der Waals surface area (Å²) in [7, 11) is 1.48. The molecule has 0 N–H and O–H groups in total. The number of ketones is 1. The van der Waals surface area contributed by atoms with Crippen molar-refractivity contribution in [2.75, 3.05) is 12.0 Å². The molecule has 7 rings (SSSR count). The lowest BCUT2D eigenvalue weighted by molar-refractivity contribution is -0.122. The Labute approximate surface area is 213 Å². The van der Waals surface area contributed by atoms with E-state index in [1.165, 1.54) is 18.9 Å². The zero-order chi connectivity index (χ0) is 24.0. The number of rotatable bonds is 3. The Morgan fingerprint density at radius 3 is 1.65 bits per heavy atom. The van der Waals surface area contributed by atoms with E-state index in [2.05, 4.69) is 31.9 Å². The smallest absolute Gasteiger partial charge is 0.240 e. The highest BCUT2D eigenvalue weighted by Gasteiger charge is 2.72. The van der Waals surface area contributed by atoms with Crippen LogP contribution in [0.15, 0.2) is 66.7 Å². The van der Waals surface area contributed by atoms with Crippen LogP contribution in [0.1, 0.15) is 39.5 Å². The van der Waals surface area contributed by atoms with Crippen molar-refractivity contribution in [1.82, 2.24) is 0 Å². The zero-order valence-corrected chi connectivity index (χ0v) is 21.5. The molecular weight excluding hydrogens is 562 g/mol. The number of nitrogens with zero attached hydrogens (tertiary/aromatic N) is 1. The average Bonchev–Trinajstić information content (AvgIpc) is 3.13. The van der Waals surface area contributed by atoms with Gasteiger partial charge in [-0.15, -0.1) is 0 Å². The Hall–Kier alpha value is -2.77. The molecule has 34 heavy (non-hydrogen) atoms. The monoisotopic (exact) mass is 579 g/mol. The van der Waals surface area contributed by atoms with E-state index in [0.717, 1.165) is 22.3 Å². The van der Waals surface area contributed by atoms with E-state index in [1.54, 1.807) is 18.2 Å². The van der Waals surface area contributed by atoms with Gasteiger partial charge in [0, 0.05) is 5.56 Å². The van der Waals surface area contributed by atoms with Crippen molar-refractivity contribution in [3.63, 3.8) is 0 Å². The number of ether oxygens (including phenoxy) is 1. The van der Waals surface area contributed by atoms with Crippen molar-refractivity contribution >= 4 is 55.1 Å². The van der Waals surface area contributed by atoms with E-state index in [9.17, 15) is 14.4 Å². The molecule has 5 nitrogen and oxygen atoms in total. The van der Waals surface area contributed by atoms with Gasteiger partial charge in [0.25, 0.3) is 0 Å². The Kier molecular flexibility index (Phi) is 4.55. The lowest BCUT2D eigenvalue weighted by Gasteiger charge is -2.55. The molecule has 1 fully saturated rings. The third-order valence-corrected chi connectivity index (χ3v) is 10.1. The number of benzene rings is 3. The van der Waals surface area contributed by atoms with Gasteiger partial charge in [-0.3, -0.25) is 14.4 Å². The van der Waals surface area contributed by atoms with Gasteiger partial charge < -0.3 is 4.74 Å². The minimum absolute atomic E-state index is 0.158. The molecule has 0 saturated carbocycles. The van der Waals surface area contributed by atoms with Gasteiger partial charge in [0.15, 0.2) is 5.78 Å². The molecule has 3 aliphatic carbocycles. The van der Waals surface area contributed by atoms with Crippen molar-refractivity contribution in [1.29, 1.82) is 0 Å². The summed E-state index contributed by atoms with van der Waals surface area (Å²) in [5, 5.41) is 0. The fourth-order valence-electron chi connectivity index (χ4n) is 5.99. The maximum atomic E-state index is 14.2. The Bertz CT molecular complexity index is 1310. The molecule has 0 radical (unpaired) electrons. The van der Waals surface area contributed by atoms with Gasteiger partial charge in [-0.05, 0) is 47.4 Å². The number of carbonyl (C=O) groups excluding carboxylic acids is 3. The summed E-state index contributed by atoms with van der Waals surface area (Å²) in [6.07, 6.45) is 0. The number of alkyl halides is 2. The number of hydrogen-bond acceptors (Lipinski definition) is 4. The summed E-state index contributed by atoms with van der Waals surface area (Å²) >= 11 is 7.99. The van der Waals surface area contributed by atoms with Gasteiger partial charge in [-0.25, -0.2) is 4.90 Å². The second-order valence-corrected chi connectivity index (χ2v) is 11.4. The SMILES string of the molecule is COc1ccc(C(C)=O)cc1N1C(=O)[C@@H]2[C@H](C1=O)C1(Br)c3ccccc3C2(Br)c2ccccc21. The number of halogens is 2. The lowest BCUT2D eigenvalue weighted by atomic mass is 9.54. The van der Waals surface area contributed by atoms with Crippen molar-refractivity contribution in [3.8, 4) is 5.75 Å². The molecule has 1 saturated heterocycles. The van der Waals surface area contributed by atoms with E-state index in [-0.39, 0.29) is 17.6 Å². The third kappa shape index (κ3) is 2.41. The van der Waals surface area contributed by atoms with Crippen LogP contribution in [0.25, 0.3) is 0 Å². The largest absolute Gasteiger partial charge is 0.495 e. The van der Waals surface area contributed by atoms with Gasteiger partial charge in [-0.1, -0.05) is 80.4 Å². The molecule has 1 heterocycles. The zero-order valence-electron chi connectivity index (χ0n) is 18.3. The maximum absolute atomic E-state index is 14.2. The van der Waals surface area contributed by atoms with Crippen LogP contribution in [-0.2, 0) is 18.2 Å². The van der Waals surface area contributed by atoms with E-state index >= 15 is 0 Å². The highest BCUT2D eigenvalue weighted by atomic mass is 79.9. The fraction of sp³-hybridized carbons (Fsp3) is 0.222. The Balaban J connectivity index is 1.63. The summed E-state index contributed by atoms with van der Waals surface area (Å²) in [4.78, 5) is 41.6. The first-order chi connectivity index (χ1) is 16.3. The first-order valence-electron chi connectivity index (χ1n) is 10.9. The summed E-state index contributed by atoms with van der Waals surface area (Å²) in [5.74, 6) is -1.81. The molecule has 170 valence electrons. The number of anilines is 1. The molecule has 3 aromatic rings. The highest BCUT2D eigenvalue weighted by molar-refractivity contribution is 9.10. The van der Waals surface area contributed by atoms with E-state index in [4.69, 9.17) is 4.74 Å². The Morgan fingerprint density at radius 2 is 1.26 bits per heavy atom. The lowest BCUT2D eigenvalue weighted by Crippen LogP contribution is -2.56. The molecule has 7 heteroatoms. The van der Waals surface area contributed by atoms with Gasteiger partial charge in [0.1, 0.15) is 5.75 Å². The van der Waals surface area contributed by atoms with Crippen molar-refractivity contribution in [3.05, 3.63) is 94.5 Å². The van der Waals surface area contributed by atoms with Gasteiger partial charge >= 0.3 is 0 Å². The standard InChI is InChI=1S/C27H19Br2NO4/c1-14(31)15-11-12-21(34-2)20(13-15)30-24(32)22-23(25(30)33)27(29)17-8-4-3-7-16(17)26(22,28)18-9-5-6-10-19(18)27/h3-13,22-23H,1-2H3/t22-,23+,26?,27?. The van der Waals surface area contributed by atoms with Crippen molar-refractivity contribution in [2.24, 2.45) is 11.8 Å². The van der Waals surface area contributed by atoms with E-state index in [0.29, 0.717) is 17.0 Å². The molecule has 2 amide bonds. The third-order valence-electron chi connectivity index (χ3n) is 7.41. The average molecular weight is 581 g/mol. The highest BCUT2D eigenvalue weighted by Crippen LogP contribution is 2.71. The number of hydrogen-bond donors (Lipinski definition) is 0. The van der Waals surface area contributed by atoms with Crippen LogP contribution in [0.3, 0.4) is 0 Å². The number of Topliss-reactive ketones (excluding diaryl/α,β-unsaturated/α-hetero) is 1. The second kappa shape index (κ2) is 7.12. The first kappa shape index (κ1) is 21.7.